The summed E-state index contributed by atoms with van der Waals surface area (Å²) in [6.45, 7) is 11.6. The van der Waals surface area contributed by atoms with E-state index in [2.05, 4.69) is 0 Å². The van der Waals surface area contributed by atoms with Gasteiger partial charge in [-0.25, -0.2) is 9.59 Å². The van der Waals surface area contributed by atoms with Crippen LogP contribution in [0.4, 0.5) is 4.79 Å². The summed E-state index contributed by atoms with van der Waals surface area (Å²) in [5.41, 5.74) is 1.20. The number of carbonyl (C=O) groups is 6. The fourth-order valence-corrected chi connectivity index (χ4v) is 12.1. The minimum absolute atomic E-state index is 0.00622. The van der Waals surface area contributed by atoms with E-state index >= 15 is 0 Å². The molecular weight excluding hydrogens is 1080 g/mol. The first kappa shape index (κ1) is 69.5. The molecule has 470 valence electrons. The Morgan fingerprint density at radius 1 is 0.819 bits per heavy atom. The lowest BCUT2D eigenvalue weighted by molar-refractivity contribution is -0.293. The van der Waals surface area contributed by atoms with Gasteiger partial charge in [-0.2, -0.15) is 0 Å². The Bertz CT molecular complexity index is 2270. The number of aliphatic hydroxyl groups excluding tert-OH is 4. The highest BCUT2D eigenvalue weighted by atomic mass is 16.8. The summed E-state index contributed by atoms with van der Waals surface area (Å²) in [4.78, 5) is 85.4. The van der Waals surface area contributed by atoms with Crippen LogP contribution < -0.4 is 0 Å². The number of nitrogens with zero attached hydrogens (tertiary/aromatic N) is 1. The molecule has 0 spiro atoms. The van der Waals surface area contributed by atoms with Crippen molar-refractivity contribution in [2.75, 3.05) is 54.8 Å². The number of hydrogen-bond acceptors (Lipinski definition) is 21. The summed E-state index contributed by atoms with van der Waals surface area (Å²) in [5.74, 6) is -8.67. The van der Waals surface area contributed by atoms with E-state index in [0.717, 1.165) is 10.5 Å². The third-order valence-electron chi connectivity index (χ3n) is 17.4. The molecular formula is C61H95NO21. The van der Waals surface area contributed by atoms with Gasteiger partial charge in [-0.15, -0.1) is 0 Å². The van der Waals surface area contributed by atoms with Crippen molar-refractivity contribution in [1.29, 1.82) is 0 Å². The lowest BCUT2D eigenvalue weighted by atomic mass is 9.78. The number of carbonyl (C=O) groups excluding carboxylic acids is 6. The molecule has 2 bridgehead atoms. The lowest BCUT2D eigenvalue weighted by Crippen LogP contribution is -2.61. The van der Waals surface area contributed by atoms with Crippen molar-refractivity contribution in [2.24, 2.45) is 35.5 Å². The van der Waals surface area contributed by atoms with Gasteiger partial charge >= 0.3 is 12.1 Å². The van der Waals surface area contributed by atoms with Crippen LogP contribution in [0.5, 0.6) is 0 Å². The van der Waals surface area contributed by atoms with Crippen molar-refractivity contribution in [1.82, 2.24) is 4.90 Å². The summed E-state index contributed by atoms with van der Waals surface area (Å²) in [7, 11) is 5.70. The number of cyclic esters (lactones) is 1. The van der Waals surface area contributed by atoms with E-state index < -0.39 is 139 Å². The van der Waals surface area contributed by atoms with Gasteiger partial charge in [0.25, 0.3) is 11.7 Å². The molecule has 5 aliphatic rings. The zero-order valence-electron chi connectivity index (χ0n) is 50.5. The number of esters is 1. The van der Waals surface area contributed by atoms with Crippen molar-refractivity contribution in [3.05, 3.63) is 47.6 Å². The summed E-state index contributed by atoms with van der Waals surface area (Å²) in [6, 6.07) is -1.21. The maximum atomic E-state index is 14.6. The molecule has 4 heterocycles. The molecule has 0 aromatic heterocycles. The smallest absolute Gasteiger partial charge is 0.460 e. The fraction of sp³-hybridized carbons (Fsp3) is 0.770. The lowest BCUT2D eigenvalue weighted by Gasteiger charge is -2.42. The topological polar surface area (TPSA) is 299 Å². The zero-order valence-corrected chi connectivity index (χ0v) is 50.5. The first-order valence-corrected chi connectivity index (χ1v) is 29.5. The minimum atomic E-state index is -2.48. The minimum Gasteiger partial charge on any atom is -0.460 e. The highest BCUT2D eigenvalue weighted by Crippen LogP contribution is 2.38. The molecule has 0 aromatic rings. The van der Waals surface area contributed by atoms with Gasteiger partial charge in [0.05, 0.1) is 37.6 Å². The predicted octanol–water partition coefficient (Wildman–Crippen LogP) is 4.81. The second-order valence-electron chi connectivity index (χ2n) is 23.6. The van der Waals surface area contributed by atoms with Gasteiger partial charge in [-0.05, 0) is 107 Å². The maximum absolute atomic E-state index is 14.6. The van der Waals surface area contributed by atoms with Crippen LogP contribution in [0.25, 0.3) is 0 Å². The van der Waals surface area contributed by atoms with E-state index in [1.54, 1.807) is 48.0 Å². The van der Waals surface area contributed by atoms with Crippen LogP contribution >= 0.6 is 0 Å². The summed E-state index contributed by atoms with van der Waals surface area (Å²) >= 11 is 0. The summed E-state index contributed by atoms with van der Waals surface area (Å²) < 4.78 is 56.9. The molecule has 5 rings (SSSR count). The second-order valence-corrected chi connectivity index (χ2v) is 23.6. The Labute approximate surface area is 489 Å². The molecule has 1 unspecified atom stereocenters. The fourth-order valence-electron chi connectivity index (χ4n) is 12.1. The van der Waals surface area contributed by atoms with Gasteiger partial charge in [0.2, 0.25) is 12.1 Å². The van der Waals surface area contributed by atoms with Crippen LogP contribution in [-0.2, 0) is 71.3 Å². The van der Waals surface area contributed by atoms with Crippen molar-refractivity contribution < 1.29 is 102 Å². The standard InChI is InChI=1S/C61H95NO21/c1-34-17-13-12-14-18-35(2)46(74-8)31-42-22-20-40(7)61(73,83-42)56(69)57(70)62-24-16-15-19-43(62)58(71)80-47(32-44(64)36(3)28-39(6)51(66)54(76-10)50(65)38(5)27-34)37(4)29-41-21-23-45(48(30-41)75-9)78-25-26-79-60(72)82-59-55(77-11)53(68)52(67)49(33-63)81-59/h12-14,17-18,28,34,36-38,40-43,45-49,51-55,59,63,66-68,73H,15-16,19-27,29-33H2,1-11H3/b14-12+,17-13+,35-18+,39-28+/t34-,36-,37-,38+,40-,41-,42+,43?,45-,46+,47+,48-,49-,51-,52-,53+,54+,55-,59+,61-/m1/s1. The van der Waals surface area contributed by atoms with Crippen LogP contribution in [0.3, 0.4) is 0 Å². The van der Waals surface area contributed by atoms with Crippen molar-refractivity contribution in [3.63, 3.8) is 0 Å². The number of ether oxygens (including phenoxy) is 10. The second kappa shape index (κ2) is 33.0. The molecule has 4 fully saturated rings. The molecule has 1 saturated carbocycles. The quantitative estimate of drug-likeness (QED) is 0.0715. The Morgan fingerprint density at radius 3 is 2.23 bits per heavy atom. The van der Waals surface area contributed by atoms with Crippen molar-refractivity contribution in [3.8, 4) is 0 Å². The molecule has 1 amide bonds. The monoisotopic (exact) mass is 1180 g/mol. The highest BCUT2D eigenvalue weighted by molar-refractivity contribution is 6.39. The summed E-state index contributed by atoms with van der Waals surface area (Å²) in [5, 5.41) is 53.7. The van der Waals surface area contributed by atoms with E-state index in [1.165, 1.54) is 14.2 Å². The number of hydrogen-bond donors (Lipinski definition) is 5. The van der Waals surface area contributed by atoms with E-state index in [-0.39, 0.29) is 62.4 Å². The molecule has 83 heavy (non-hydrogen) atoms. The number of Topliss-reactive ketones (excluding diaryl/α,β-unsaturated/α-hetero) is 3. The normalized spacial score (nSPS) is 39.7. The highest BCUT2D eigenvalue weighted by Gasteiger charge is 2.53. The summed E-state index contributed by atoms with van der Waals surface area (Å²) in [6.07, 6.45) is 2.17. The third-order valence-corrected chi connectivity index (χ3v) is 17.4. The number of fused-ring (bicyclic) bond motifs is 3. The molecule has 1 aliphatic carbocycles. The number of allylic oxidation sites excluding steroid dienone is 6. The van der Waals surface area contributed by atoms with Crippen LogP contribution in [-0.4, -0.2) is 206 Å². The van der Waals surface area contributed by atoms with Gasteiger partial charge in [0.15, 0.2) is 5.78 Å². The SMILES string of the molecule is CO[C@H]1[C@H](OC(=O)OCCO[C@@H]2CC[C@H](C[C@@H](C)[C@@H]3CC(=O)[C@H](C)/C=C(\C)[C@@H](O)[C@@H](OC)C(=O)[C@@H](C)C[C@H](C)/C=C/C=C/C=C(\C)[C@@H](OC)C[C@@H]4CC[C@@H](C)[C@@](O)(O4)C(=O)C(=O)N4CCCCC4C(=O)O3)C[C@H]2OC)O[C@H](CO)[C@@H](O)[C@@H]1O. The molecule has 0 radical (unpaired) electrons. The Hall–Kier alpha value is -4.30. The van der Waals surface area contributed by atoms with E-state index in [4.69, 9.17) is 47.4 Å². The van der Waals surface area contributed by atoms with Gasteiger partial charge in [-0.1, -0.05) is 71.1 Å². The van der Waals surface area contributed by atoms with E-state index in [9.17, 15) is 54.3 Å². The Kier molecular flexibility index (Phi) is 27.6. The van der Waals surface area contributed by atoms with Crippen LogP contribution in [0, 0.1) is 35.5 Å². The van der Waals surface area contributed by atoms with E-state index in [1.807, 2.05) is 51.2 Å². The number of piperidine rings is 1. The molecule has 22 nitrogen and oxygen atoms in total. The number of ketones is 3. The maximum Gasteiger partial charge on any atom is 0.510 e. The molecule has 3 saturated heterocycles. The molecule has 5 N–H and O–H groups in total. The molecule has 20 atom stereocenters. The molecule has 0 aromatic carbocycles. The largest absolute Gasteiger partial charge is 0.510 e. The van der Waals surface area contributed by atoms with Gasteiger partial charge in [0, 0.05) is 65.6 Å². The number of rotatable bonds is 13. The third kappa shape index (κ3) is 18.6. The van der Waals surface area contributed by atoms with Crippen LogP contribution in [0.2, 0.25) is 0 Å². The Balaban J connectivity index is 1.35. The van der Waals surface area contributed by atoms with Gasteiger partial charge < -0.3 is 77.8 Å². The number of methoxy groups -OCH3 is 4. The van der Waals surface area contributed by atoms with Crippen LogP contribution in [0.1, 0.15) is 126 Å². The first-order chi connectivity index (χ1) is 39.4. The zero-order chi connectivity index (χ0) is 61.3. The first-order valence-electron chi connectivity index (χ1n) is 29.5. The number of aliphatic hydroxyl groups is 5. The van der Waals surface area contributed by atoms with E-state index in [0.29, 0.717) is 63.4 Å². The van der Waals surface area contributed by atoms with Gasteiger partial charge in [0.1, 0.15) is 61.2 Å². The number of amides is 1. The molecule has 22 heteroatoms. The van der Waals surface area contributed by atoms with Crippen molar-refractivity contribution >= 4 is 35.4 Å². The average Bonchev–Trinajstić information content (AvgIpc) is 3.53. The Morgan fingerprint density at radius 2 is 1.55 bits per heavy atom. The molecule has 4 aliphatic heterocycles. The predicted molar refractivity (Wildman–Crippen MR) is 300 cm³/mol. The average molecular weight is 1180 g/mol. The van der Waals surface area contributed by atoms with Crippen molar-refractivity contribution in [2.45, 2.75) is 211 Å². The van der Waals surface area contributed by atoms with Crippen LogP contribution in [0.15, 0.2) is 47.6 Å². The van der Waals surface area contributed by atoms with Gasteiger partial charge in [-0.3, -0.25) is 19.2 Å².